The second-order valence-corrected chi connectivity index (χ2v) is 4.20. The van der Waals surface area contributed by atoms with Gasteiger partial charge in [-0.2, -0.15) is 5.10 Å². The van der Waals surface area contributed by atoms with Crippen molar-refractivity contribution in [3.8, 4) is 0 Å². The third-order valence-electron chi connectivity index (χ3n) is 2.69. The van der Waals surface area contributed by atoms with Gasteiger partial charge in [-0.15, -0.1) is 0 Å². The molecule has 1 aromatic heterocycles. The fourth-order valence-corrected chi connectivity index (χ4v) is 1.82. The van der Waals surface area contributed by atoms with Crippen LogP contribution in [0.5, 0.6) is 0 Å². The summed E-state index contributed by atoms with van der Waals surface area (Å²) < 4.78 is 2.02. The highest BCUT2D eigenvalue weighted by Crippen LogP contribution is 2.06. The second kappa shape index (κ2) is 6.59. The standard InChI is InChI=1S/C12H23N3/c1-4-5-6-7-8-9-10-15-12(3)13-11(2)14-15/h4-10H2,1-3H3. The van der Waals surface area contributed by atoms with E-state index in [1.54, 1.807) is 0 Å². The van der Waals surface area contributed by atoms with Crippen LogP contribution in [0.4, 0.5) is 0 Å². The molecule has 0 bridgehead atoms. The Labute approximate surface area is 92.9 Å². The van der Waals surface area contributed by atoms with E-state index in [0.29, 0.717) is 0 Å². The van der Waals surface area contributed by atoms with E-state index in [9.17, 15) is 0 Å². The first kappa shape index (κ1) is 12.2. The van der Waals surface area contributed by atoms with Crippen LogP contribution in [0.3, 0.4) is 0 Å². The fraction of sp³-hybridized carbons (Fsp3) is 0.833. The van der Waals surface area contributed by atoms with E-state index in [4.69, 9.17) is 0 Å². The van der Waals surface area contributed by atoms with Crippen molar-refractivity contribution in [2.24, 2.45) is 0 Å². The topological polar surface area (TPSA) is 30.7 Å². The van der Waals surface area contributed by atoms with Crippen LogP contribution in [0.25, 0.3) is 0 Å². The summed E-state index contributed by atoms with van der Waals surface area (Å²) in [5.74, 6) is 1.93. The average molecular weight is 209 g/mol. The first-order chi connectivity index (χ1) is 7.24. The SMILES string of the molecule is CCCCCCCCn1nc(C)nc1C. The maximum Gasteiger partial charge on any atom is 0.147 e. The Morgan fingerprint density at radius 3 is 2.27 bits per heavy atom. The lowest BCUT2D eigenvalue weighted by molar-refractivity contribution is 0.516. The van der Waals surface area contributed by atoms with Gasteiger partial charge in [0.1, 0.15) is 11.6 Å². The monoisotopic (exact) mass is 209 g/mol. The van der Waals surface area contributed by atoms with Gasteiger partial charge in [0.05, 0.1) is 0 Å². The zero-order valence-electron chi connectivity index (χ0n) is 10.3. The summed E-state index contributed by atoms with van der Waals surface area (Å²) in [7, 11) is 0. The molecule has 0 aliphatic rings. The summed E-state index contributed by atoms with van der Waals surface area (Å²) in [6.07, 6.45) is 7.99. The van der Waals surface area contributed by atoms with Gasteiger partial charge in [-0.1, -0.05) is 39.0 Å². The van der Waals surface area contributed by atoms with Gasteiger partial charge in [-0.3, -0.25) is 4.68 Å². The number of hydrogen-bond acceptors (Lipinski definition) is 2. The van der Waals surface area contributed by atoms with Crippen molar-refractivity contribution in [1.82, 2.24) is 14.8 Å². The van der Waals surface area contributed by atoms with E-state index < -0.39 is 0 Å². The minimum absolute atomic E-state index is 0.887. The number of hydrogen-bond donors (Lipinski definition) is 0. The highest BCUT2D eigenvalue weighted by molar-refractivity contribution is 4.87. The molecule has 3 nitrogen and oxygen atoms in total. The first-order valence-electron chi connectivity index (χ1n) is 6.12. The number of aryl methyl sites for hydroxylation is 3. The minimum atomic E-state index is 0.887. The third kappa shape index (κ3) is 4.45. The van der Waals surface area contributed by atoms with Crippen LogP contribution < -0.4 is 0 Å². The molecule has 0 aliphatic carbocycles. The van der Waals surface area contributed by atoms with Crippen LogP contribution >= 0.6 is 0 Å². The second-order valence-electron chi connectivity index (χ2n) is 4.20. The Bertz CT molecular complexity index is 278. The van der Waals surface area contributed by atoms with Gasteiger partial charge in [0.25, 0.3) is 0 Å². The molecule has 1 aromatic rings. The van der Waals surface area contributed by atoms with Crippen molar-refractivity contribution in [2.45, 2.75) is 65.8 Å². The van der Waals surface area contributed by atoms with Crippen LogP contribution in [0.2, 0.25) is 0 Å². The lowest BCUT2D eigenvalue weighted by Crippen LogP contribution is -2.02. The van der Waals surface area contributed by atoms with Crippen LogP contribution in [0.1, 0.15) is 57.1 Å². The van der Waals surface area contributed by atoms with Crippen molar-refractivity contribution >= 4 is 0 Å². The highest BCUT2D eigenvalue weighted by Gasteiger charge is 2.00. The number of rotatable bonds is 7. The van der Waals surface area contributed by atoms with E-state index in [0.717, 1.165) is 18.2 Å². The van der Waals surface area contributed by atoms with Crippen molar-refractivity contribution in [3.63, 3.8) is 0 Å². The smallest absolute Gasteiger partial charge is 0.147 e. The molecule has 0 spiro atoms. The molecule has 0 unspecified atom stereocenters. The summed E-state index contributed by atoms with van der Waals surface area (Å²) in [4.78, 5) is 4.29. The lowest BCUT2D eigenvalue weighted by atomic mass is 10.1. The zero-order chi connectivity index (χ0) is 11.1. The maximum atomic E-state index is 4.35. The molecule has 0 N–H and O–H groups in total. The lowest BCUT2D eigenvalue weighted by Gasteiger charge is -2.02. The Hall–Kier alpha value is -0.860. The van der Waals surface area contributed by atoms with Gasteiger partial charge in [0.15, 0.2) is 0 Å². The van der Waals surface area contributed by atoms with Crippen molar-refractivity contribution in [1.29, 1.82) is 0 Å². The third-order valence-corrected chi connectivity index (χ3v) is 2.69. The molecule has 15 heavy (non-hydrogen) atoms. The maximum absolute atomic E-state index is 4.35. The Morgan fingerprint density at radius 1 is 1.00 bits per heavy atom. The van der Waals surface area contributed by atoms with Crippen LogP contribution in [-0.4, -0.2) is 14.8 Å². The fourth-order valence-electron chi connectivity index (χ4n) is 1.82. The minimum Gasteiger partial charge on any atom is -0.250 e. The van der Waals surface area contributed by atoms with Gasteiger partial charge in [-0.05, 0) is 20.3 Å². The summed E-state index contributed by atoms with van der Waals surface area (Å²) in [5, 5.41) is 4.35. The van der Waals surface area contributed by atoms with Gasteiger partial charge in [0, 0.05) is 6.54 Å². The molecule has 0 aliphatic heterocycles. The van der Waals surface area contributed by atoms with E-state index in [1.807, 2.05) is 18.5 Å². The molecule has 0 amide bonds. The van der Waals surface area contributed by atoms with Gasteiger partial charge < -0.3 is 0 Å². The Morgan fingerprint density at radius 2 is 1.67 bits per heavy atom. The molecule has 1 heterocycles. The first-order valence-corrected chi connectivity index (χ1v) is 6.12. The van der Waals surface area contributed by atoms with Crippen LogP contribution in [-0.2, 0) is 6.54 Å². The molecule has 0 aromatic carbocycles. The number of unbranched alkanes of at least 4 members (excludes halogenated alkanes) is 5. The molecule has 3 heteroatoms. The molecule has 0 saturated heterocycles. The molecule has 1 rings (SSSR count). The van der Waals surface area contributed by atoms with Gasteiger partial charge in [-0.25, -0.2) is 4.98 Å². The summed E-state index contributed by atoms with van der Waals surface area (Å²) in [5.41, 5.74) is 0. The number of aromatic nitrogens is 3. The van der Waals surface area contributed by atoms with E-state index in [-0.39, 0.29) is 0 Å². The van der Waals surface area contributed by atoms with Crippen molar-refractivity contribution in [3.05, 3.63) is 11.6 Å². The summed E-state index contributed by atoms with van der Waals surface area (Å²) >= 11 is 0. The molecule has 86 valence electrons. The van der Waals surface area contributed by atoms with Crippen molar-refractivity contribution < 1.29 is 0 Å². The largest absolute Gasteiger partial charge is 0.250 e. The predicted molar refractivity (Wildman–Crippen MR) is 62.9 cm³/mol. The summed E-state index contributed by atoms with van der Waals surface area (Å²) in [6.45, 7) is 7.25. The molecule has 0 saturated carbocycles. The number of nitrogens with zero attached hydrogens (tertiary/aromatic N) is 3. The molecule has 0 radical (unpaired) electrons. The molecule has 0 fully saturated rings. The van der Waals surface area contributed by atoms with Crippen molar-refractivity contribution in [2.75, 3.05) is 0 Å². The van der Waals surface area contributed by atoms with Gasteiger partial charge in [0.2, 0.25) is 0 Å². The predicted octanol–water partition coefficient (Wildman–Crippen LogP) is 3.26. The van der Waals surface area contributed by atoms with Crippen LogP contribution in [0.15, 0.2) is 0 Å². The van der Waals surface area contributed by atoms with E-state index >= 15 is 0 Å². The summed E-state index contributed by atoms with van der Waals surface area (Å²) in [6, 6.07) is 0. The highest BCUT2D eigenvalue weighted by atomic mass is 15.3. The average Bonchev–Trinajstić information content (AvgIpc) is 2.51. The van der Waals surface area contributed by atoms with Crippen LogP contribution in [0, 0.1) is 13.8 Å². The van der Waals surface area contributed by atoms with E-state index in [1.165, 1.54) is 38.5 Å². The normalized spacial score (nSPS) is 10.9. The zero-order valence-corrected chi connectivity index (χ0v) is 10.3. The van der Waals surface area contributed by atoms with Gasteiger partial charge >= 0.3 is 0 Å². The molecular weight excluding hydrogens is 186 g/mol. The van der Waals surface area contributed by atoms with E-state index in [2.05, 4.69) is 17.0 Å². The Balaban J connectivity index is 2.12. The quantitative estimate of drug-likeness (QED) is 0.645. The molecule has 0 atom stereocenters. The molecular formula is C12H23N3. The Kier molecular flexibility index (Phi) is 5.37.